The molecule has 0 heterocycles. The van der Waals surface area contributed by atoms with Crippen molar-refractivity contribution >= 4 is 21.8 Å². The summed E-state index contributed by atoms with van der Waals surface area (Å²) < 4.78 is 0.938. The number of likely N-dealkylation sites (N-methyl/N-ethyl adjacent to an activating group) is 2. The first-order chi connectivity index (χ1) is 8.85. The van der Waals surface area contributed by atoms with E-state index >= 15 is 0 Å². The zero-order valence-corrected chi connectivity index (χ0v) is 13.5. The summed E-state index contributed by atoms with van der Waals surface area (Å²) in [5.74, 6) is 0.368. The second-order valence-electron chi connectivity index (χ2n) is 4.82. The number of rotatable bonds is 5. The molecule has 0 saturated carbocycles. The third kappa shape index (κ3) is 4.51. The Kier molecular flexibility index (Phi) is 5.82. The molecular weight excluding hydrogens is 308 g/mol. The van der Waals surface area contributed by atoms with E-state index in [1.54, 1.807) is 19.0 Å². The minimum Gasteiger partial charge on any atom is -0.507 e. The van der Waals surface area contributed by atoms with E-state index in [0.717, 1.165) is 22.1 Å². The number of benzene rings is 1. The molecule has 4 nitrogen and oxygen atoms in total. The van der Waals surface area contributed by atoms with E-state index < -0.39 is 0 Å². The molecule has 1 rings (SSSR count). The van der Waals surface area contributed by atoms with Crippen LogP contribution in [-0.4, -0.2) is 48.0 Å². The number of amides is 1. The summed E-state index contributed by atoms with van der Waals surface area (Å²) in [6.45, 7) is 5.54. The smallest absolute Gasteiger partial charge is 0.236 e. The van der Waals surface area contributed by atoms with Crippen LogP contribution in [0.3, 0.4) is 0 Å². The van der Waals surface area contributed by atoms with Gasteiger partial charge in [0, 0.05) is 30.7 Å². The van der Waals surface area contributed by atoms with Gasteiger partial charge in [-0.15, -0.1) is 0 Å². The van der Waals surface area contributed by atoms with Crippen molar-refractivity contribution in [2.75, 3.05) is 27.2 Å². The van der Waals surface area contributed by atoms with Gasteiger partial charge in [0.05, 0.1) is 6.54 Å². The van der Waals surface area contributed by atoms with Gasteiger partial charge in [-0.25, -0.2) is 0 Å². The van der Waals surface area contributed by atoms with Gasteiger partial charge in [-0.2, -0.15) is 0 Å². The van der Waals surface area contributed by atoms with E-state index in [-0.39, 0.29) is 5.91 Å². The van der Waals surface area contributed by atoms with E-state index in [1.807, 2.05) is 30.9 Å². The predicted octanol–water partition coefficient (Wildman–Crippen LogP) is 2.37. The molecule has 0 aliphatic carbocycles. The number of carbonyl (C=O) groups is 1. The Morgan fingerprint density at radius 3 is 2.53 bits per heavy atom. The highest BCUT2D eigenvalue weighted by atomic mass is 79.9. The molecule has 0 bridgehead atoms. The number of halogens is 1. The molecule has 1 N–H and O–H groups in total. The number of nitrogens with zero attached hydrogens (tertiary/aromatic N) is 2. The summed E-state index contributed by atoms with van der Waals surface area (Å²) in [6.07, 6.45) is 0. The van der Waals surface area contributed by atoms with Crippen LogP contribution < -0.4 is 0 Å². The lowest BCUT2D eigenvalue weighted by Gasteiger charge is -2.22. The highest BCUT2D eigenvalue weighted by molar-refractivity contribution is 9.10. The van der Waals surface area contributed by atoms with Gasteiger partial charge in [0.2, 0.25) is 5.91 Å². The van der Waals surface area contributed by atoms with Gasteiger partial charge in [0.15, 0.2) is 0 Å². The van der Waals surface area contributed by atoms with Crippen molar-refractivity contribution < 1.29 is 9.90 Å². The summed E-state index contributed by atoms with van der Waals surface area (Å²) in [5.41, 5.74) is 1.67. The maximum absolute atomic E-state index is 11.7. The second-order valence-corrected chi connectivity index (χ2v) is 5.74. The van der Waals surface area contributed by atoms with Crippen LogP contribution >= 0.6 is 15.9 Å². The summed E-state index contributed by atoms with van der Waals surface area (Å²) in [4.78, 5) is 15.3. The molecule has 0 atom stereocenters. The van der Waals surface area contributed by atoms with Crippen LogP contribution in [-0.2, 0) is 11.3 Å². The molecular formula is C14H21BrN2O2. The van der Waals surface area contributed by atoms with Gasteiger partial charge >= 0.3 is 0 Å². The normalized spacial score (nSPS) is 10.8. The average Bonchev–Trinajstić information content (AvgIpc) is 2.33. The molecule has 0 aliphatic heterocycles. The van der Waals surface area contributed by atoms with Crippen LogP contribution in [0.25, 0.3) is 0 Å². The first-order valence-corrected chi connectivity index (χ1v) is 7.05. The van der Waals surface area contributed by atoms with Crippen LogP contribution in [0.1, 0.15) is 18.1 Å². The number of hydrogen-bond acceptors (Lipinski definition) is 3. The van der Waals surface area contributed by atoms with Gasteiger partial charge in [-0.3, -0.25) is 9.69 Å². The standard InChI is InChI=1S/C14H21BrN2O2/c1-5-17(9-13(18)16(3)4)8-11-7-12(15)6-10(2)14(11)19/h6-7,19H,5,8-9H2,1-4H3. The van der Waals surface area contributed by atoms with E-state index in [0.29, 0.717) is 18.8 Å². The quantitative estimate of drug-likeness (QED) is 0.902. The Hall–Kier alpha value is -1.07. The fourth-order valence-corrected chi connectivity index (χ4v) is 2.40. The number of aryl methyl sites for hydroxylation is 1. The van der Waals surface area contributed by atoms with Crippen molar-refractivity contribution in [1.82, 2.24) is 9.80 Å². The van der Waals surface area contributed by atoms with Crippen molar-refractivity contribution in [1.29, 1.82) is 0 Å². The third-order valence-corrected chi connectivity index (χ3v) is 3.50. The SMILES string of the molecule is CCN(CC(=O)N(C)C)Cc1cc(Br)cc(C)c1O. The Morgan fingerprint density at radius 1 is 1.37 bits per heavy atom. The number of phenols is 1. The van der Waals surface area contributed by atoms with E-state index in [9.17, 15) is 9.90 Å². The first-order valence-electron chi connectivity index (χ1n) is 6.25. The van der Waals surface area contributed by atoms with Crippen LogP contribution in [0.2, 0.25) is 0 Å². The molecule has 0 fully saturated rings. The summed E-state index contributed by atoms with van der Waals surface area (Å²) in [5, 5.41) is 10.1. The summed E-state index contributed by atoms with van der Waals surface area (Å²) in [7, 11) is 3.49. The van der Waals surface area contributed by atoms with Crippen molar-refractivity contribution in [3.8, 4) is 5.75 Å². The molecule has 0 aliphatic rings. The third-order valence-electron chi connectivity index (χ3n) is 3.04. The van der Waals surface area contributed by atoms with Gasteiger partial charge < -0.3 is 10.0 Å². The summed E-state index contributed by atoms with van der Waals surface area (Å²) in [6, 6.07) is 3.77. The fourth-order valence-electron chi connectivity index (χ4n) is 1.78. The number of hydrogen-bond donors (Lipinski definition) is 1. The molecule has 0 radical (unpaired) electrons. The Balaban J connectivity index is 2.84. The maximum atomic E-state index is 11.7. The van der Waals surface area contributed by atoms with E-state index in [2.05, 4.69) is 15.9 Å². The molecule has 0 unspecified atom stereocenters. The molecule has 0 saturated heterocycles. The Bertz CT molecular complexity index is 461. The molecule has 106 valence electrons. The monoisotopic (exact) mass is 328 g/mol. The van der Waals surface area contributed by atoms with Gasteiger partial charge in [0.25, 0.3) is 0 Å². The molecule has 0 aromatic heterocycles. The largest absolute Gasteiger partial charge is 0.507 e. The number of aromatic hydroxyl groups is 1. The minimum absolute atomic E-state index is 0.0630. The Labute approximate surface area is 123 Å². The average molecular weight is 329 g/mol. The second kappa shape index (κ2) is 6.91. The lowest BCUT2D eigenvalue weighted by Crippen LogP contribution is -2.36. The van der Waals surface area contributed by atoms with Gasteiger partial charge in [-0.05, 0) is 31.2 Å². The van der Waals surface area contributed by atoms with Gasteiger partial charge in [0.1, 0.15) is 5.75 Å². The highest BCUT2D eigenvalue weighted by Crippen LogP contribution is 2.27. The predicted molar refractivity (Wildman–Crippen MR) is 80.2 cm³/mol. The van der Waals surface area contributed by atoms with Crippen LogP contribution in [0.4, 0.5) is 0 Å². The molecule has 1 aromatic carbocycles. The fraction of sp³-hybridized carbons (Fsp3) is 0.500. The van der Waals surface area contributed by atoms with Gasteiger partial charge in [-0.1, -0.05) is 22.9 Å². The van der Waals surface area contributed by atoms with Crippen LogP contribution in [0.15, 0.2) is 16.6 Å². The zero-order valence-electron chi connectivity index (χ0n) is 11.9. The number of carbonyl (C=O) groups excluding carboxylic acids is 1. The lowest BCUT2D eigenvalue weighted by molar-refractivity contribution is -0.130. The molecule has 0 spiro atoms. The molecule has 1 aromatic rings. The van der Waals surface area contributed by atoms with Crippen molar-refractivity contribution in [3.63, 3.8) is 0 Å². The molecule has 19 heavy (non-hydrogen) atoms. The number of phenolic OH excluding ortho intramolecular Hbond substituents is 1. The van der Waals surface area contributed by atoms with Crippen molar-refractivity contribution in [2.45, 2.75) is 20.4 Å². The molecule has 5 heteroatoms. The zero-order chi connectivity index (χ0) is 14.6. The van der Waals surface area contributed by atoms with Crippen molar-refractivity contribution in [3.05, 3.63) is 27.7 Å². The van der Waals surface area contributed by atoms with E-state index in [4.69, 9.17) is 0 Å². The highest BCUT2D eigenvalue weighted by Gasteiger charge is 2.14. The maximum Gasteiger partial charge on any atom is 0.236 e. The van der Waals surface area contributed by atoms with E-state index in [1.165, 1.54) is 0 Å². The topological polar surface area (TPSA) is 43.8 Å². The first kappa shape index (κ1) is 16.0. The lowest BCUT2D eigenvalue weighted by atomic mass is 10.1. The van der Waals surface area contributed by atoms with Crippen LogP contribution in [0.5, 0.6) is 5.75 Å². The Morgan fingerprint density at radius 2 is 2.00 bits per heavy atom. The summed E-state index contributed by atoms with van der Waals surface area (Å²) >= 11 is 3.43. The van der Waals surface area contributed by atoms with Crippen LogP contribution in [0, 0.1) is 6.92 Å². The minimum atomic E-state index is 0.0630. The molecule has 1 amide bonds. The van der Waals surface area contributed by atoms with Crippen molar-refractivity contribution in [2.24, 2.45) is 0 Å².